The normalized spacial score (nSPS) is 12.5. The molecule has 2 aromatic heterocycles. The number of hydrogen-bond acceptors (Lipinski definition) is 9. The Morgan fingerprint density at radius 2 is 1.74 bits per heavy atom. The summed E-state index contributed by atoms with van der Waals surface area (Å²) in [4.78, 5) is 25.1. The van der Waals surface area contributed by atoms with Crippen LogP contribution in [-0.2, 0) is 21.3 Å². The Hall–Kier alpha value is -3.91. The molecule has 4 rings (SSSR count). The van der Waals surface area contributed by atoms with E-state index in [1.54, 1.807) is 12.3 Å². The first-order chi connectivity index (χ1) is 22.2. The SMILES string of the molecule is COCN(c1nc(OCC(CC(C)(C)C)NCc2ccc(Br)cn2)cc(-c2c(C)cccc2C)n1)S(=O)(=O)c1cccc(C(=O)O)c1. The van der Waals surface area contributed by atoms with Crippen molar-refractivity contribution >= 4 is 37.9 Å². The second-order valence-electron chi connectivity index (χ2n) is 12.4. The highest BCUT2D eigenvalue weighted by atomic mass is 79.9. The number of pyridine rings is 1. The van der Waals surface area contributed by atoms with E-state index >= 15 is 0 Å². The van der Waals surface area contributed by atoms with Gasteiger partial charge in [0.25, 0.3) is 10.0 Å². The summed E-state index contributed by atoms with van der Waals surface area (Å²) < 4.78 is 41.4. The quantitative estimate of drug-likeness (QED) is 0.140. The predicted molar refractivity (Wildman–Crippen MR) is 184 cm³/mol. The van der Waals surface area contributed by atoms with E-state index in [0.717, 1.165) is 43.6 Å². The van der Waals surface area contributed by atoms with E-state index in [-0.39, 0.29) is 40.4 Å². The molecule has 0 saturated carbocycles. The Morgan fingerprint density at radius 1 is 1.04 bits per heavy atom. The van der Waals surface area contributed by atoms with Crippen LogP contribution in [0.4, 0.5) is 5.95 Å². The average Bonchev–Trinajstić information content (AvgIpc) is 3.01. The molecule has 0 bridgehead atoms. The number of rotatable bonds is 14. The average molecular weight is 727 g/mol. The topological polar surface area (TPSA) is 144 Å². The zero-order chi connectivity index (χ0) is 34.4. The second kappa shape index (κ2) is 15.3. The summed E-state index contributed by atoms with van der Waals surface area (Å²) in [6, 6.07) is 16.4. The van der Waals surface area contributed by atoms with Crippen LogP contribution in [0.2, 0.25) is 0 Å². The first-order valence-electron chi connectivity index (χ1n) is 15.0. The molecule has 0 aliphatic carbocycles. The Labute approximate surface area is 284 Å². The molecule has 13 heteroatoms. The number of ether oxygens (including phenoxy) is 2. The van der Waals surface area contributed by atoms with Gasteiger partial charge in [0.2, 0.25) is 11.8 Å². The van der Waals surface area contributed by atoms with Gasteiger partial charge in [-0.2, -0.15) is 4.98 Å². The fourth-order valence-corrected chi connectivity index (χ4v) is 6.64. The lowest BCUT2D eigenvalue weighted by Crippen LogP contribution is -2.38. The molecule has 0 aliphatic heterocycles. The van der Waals surface area contributed by atoms with Gasteiger partial charge in [0, 0.05) is 42.0 Å². The lowest BCUT2D eigenvalue weighted by atomic mass is 9.88. The minimum Gasteiger partial charge on any atom is -0.478 e. The van der Waals surface area contributed by atoms with Crippen LogP contribution in [0.15, 0.2) is 76.2 Å². The third kappa shape index (κ3) is 9.57. The third-order valence-corrected chi connectivity index (χ3v) is 9.39. The number of halogens is 1. The molecular formula is C34H40BrN5O6S. The molecule has 250 valence electrons. The van der Waals surface area contributed by atoms with Crippen molar-refractivity contribution in [1.29, 1.82) is 0 Å². The molecule has 0 radical (unpaired) electrons. The van der Waals surface area contributed by atoms with Gasteiger partial charge in [0.05, 0.1) is 21.8 Å². The lowest BCUT2D eigenvalue weighted by molar-refractivity contribution is 0.0696. The molecule has 11 nitrogen and oxygen atoms in total. The molecule has 47 heavy (non-hydrogen) atoms. The minimum atomic E-state index is -4.36. The molecule has 0 aliphatic rings. The van der Waals surface area contributed by atoms with Crippen molar-refractivity contribution in [2.45, 2.75) is 58.5 Å². The molecule has 2 N–H and O–H groups in total. The van der Waals surface area contributed by atoms with Crippen molar-refractivity contribution in [3.8, 4) is 17.1 Å². The van der Waals surface area contributed by atoms with Crippen LogP contribution in [0.5, 0.6) is 5.88 Å². The molecule has 4 aromatic rings. The summed E-state index contributed by atoms with van der Waals surface area (Å²) in [5.74, 6) is -1.26. The number of aryl methyl sites for hydroxylation is 2. The van der Waals surface area contributed by atoms with E-state index in [2.05, 4.69) is 52.0 Å². The maximum atomic E-state index is 14.0. The maximum Gasteiger partial charge on any atom is 0.335 e. The van der Waals surface area contributed by atoms with Gasteiger partial charge in [0.15, 0.2) is 0 Å². The molecule has 0 fully saturated rings. The number of aromatic nitrogens is 3. The van der Waals surface area contributed by atoms with Crippen LogP contribution in [0.1, 0.15) is 54.4 Å². The predicted octanol–water partition coefficient (Wildman–Crippen LogP) is 6.39. The van der Waals surface area contributed by atoms with Crippen molar-refractivity contribution in [1.82, 2.24) is 20.3 Å². The number of sulfonamides is 1. The smallest absolute Gasteiger partial charge is 0.335 e. The van der Waals surface area contributed by atoms with Gasteiger partial charge in [-0.1, -0.05) is 45.0 Å². The molecule has 0 saturated heterocycles. The molecule has 2 heterocycles. The van der Waals surface area contributed by atoms with Crippen LogP contribution in [0.25, 0.3) is 11.3 Å². The van der Waals surface area contributed by atoms with Crippen LogP contribution >= 0.6 is 15.9 Å². The summed E-state index contributed by atoms with van der Waals surface area (Å²) in [6.07, 6.45) is 2.52. The highest BCUT2D eigenvalue weighted by molar-refractivity contribution is 9.10. The number of anilines is 1. The van der Waals surface area contributed by atoms with Crippen molar-refractivity contribution < 1.29 is 27.8 Å². The van der Waals surface area contributed by atoms with Crippen molar-refractivity contribution in [3.05, 3.63) is 93.7 Å². The number of carboxylic acid groups (broad SMARTS) is 1. The van der Waals surface area contributed by atoms with Crippen LogP contribution < -0.4 is 14.4 Å². The van der Waals surface area contributed by atoms with Crippen LogP contribution in [-0.4, -0.2) is 60.9 Å². The monoisotopic (exact) mass is 725 g/mol. The first kappa shape index (κ1) is 35.9. The molecular weight excluding hydrogens is 686 g/mol. The summed E-state index contributed by atoms with van der Waals surface area (Å²) in [7, 11) is -3.01. The van der Waals surface area contributed by atoms with Gasteiger partial charge < -0.3 is 19.9 Å². The maximum absolute atomic E-state index is 14.0. The van der Waals surface area contributed by atoms with Gasteiger partial charge in [-0.3, -0.25) is 4.98 Å². The molecule has 1 unspecified atom stereocenters. The Kier molecular flexibility index (Phi) is 11.7. The van der Waals surface area contributed by atoms with E-state index < -0.39 is 22.7 Å². The summed E-state index contributed by atoms with van der Waals surface area (Å²) in [6.45, 7) is 10.7. The minimum absolute atomic E-state index is 0.0255. The molecule has 1 atom stereocenters. The molecule has 0 amide bonds. The number of carbonyl (C=O) groups is 1. The van der Waals surface area contributed by atoms with Gasteiger partial charge in [0.1, 0.15) is 13.3 Å². The Balaban J connectivity index is 1.75. The Morgan fingerprint density at radius 3 is 2.36 bits per heavy atom. The lowest BCUT2D eigenvalue weighted by Gasteiger charge is -2.27. The highest BCUT2D eigenvalue weighted by Crippen LogP contribution is 2.32. The number of nitrogens with zero attached hydrogens (tertiary/aromatic N) is 4. The first-order valence-corrected chi connectivity index (χ1v) is 17.2. The number of hydrogen-bond donors (Lipinski definition) is 2. The van der Waals surface area contributed by atoms with Gasteiger partial charge in [-0.25, -0.2) is 22.5 Å². The van der Waals surface area contributed by atoms with Crippen LogP contribution in [0, 0.1) is 19.3 Å². The van der Waals surface area contributed by atoms with Gasteiger partial charge >= 0.3 is 5.97 Å². The number of benzene rings is 2. The van der Waals surface area contributed by atoms with Gasteiger partial charge in [-0.15, -0.1) is 0 Å². The summed E-state index contributed by atoms with van der Waals surface area (Å²) in [5, 5.41) is 13.0. The standard InChI is InChI=1S/C34H40BrN5O6S/c1-22-9-7-10-23(2)31(22)29-16-30(46-20-27(17-34(3,4)5)37-19-26-14-13-25(35)18-36-26)39-33(38-29)40(21-45-6)47(43,44)28-12-8-11-24(15-28)32(41)42/h7-16,18,27,37H,17,19-21H2,1-6H3,(H,41,42). The van der Waals surface area contributed by atoms with Crippen molar-refractivity contribution in [3.63, 3.8) is 0 Å². The van der Waals surface area contributed by atoms with E-state index in [0.29, 0.717) is 12.2 Å². The number of nitrogens with one attached hydrogen (secondary N) is 1. The fraction of sp³-hybridized carbons (Fsp3) is 0.353. The van der Waals surface area contributed by atoms with Gasteiger partial charge in [-0.05, 0) is 83.1 Å². The summed E-state index contributed by atoms with van der Waals surface area (Å²) in [5.41, 5.74) is 3.83. The molecule has 2 aromatic carbocycles. The third-order valence-electron chi connectivity index (χ3n) is 7.22. The fourth-order valence-electron chi connectivity index (χ4n) is 5.09. The van der Waals surface area contributed by atoms with E-state index in [1.807, 2.05) is 44.2 Å². The zero-order valence-corrected chi connectivity index (χ0v) is 29.7. The number of carboxylic acids is 1. The van der Waals surface area contributed by atoms with E-state index in [9.17, 15) is 18.3 Å². The van der Waals surface area contributed by atoms with Crippen molar-refractivity contribution in [2.75, 3.05) is 24.8 Å². The van der Waals surface area contributed by atoms with Crippen LogP contribution in [0.3, 0.4) is 0 Å². The summed E-state index contributed by atoms with van der Waals surface area (Å²) >= 11 is 3.42. The highest BCUT2D eigenvalue weighted by Gasteiger charge is 2.30. The number of aromatic carboxylic acids is 1. The Bertz CT molecular complexity index is 1790. The largest absolute Gasteiger partial charge is 0.478 e. The van der Waals surface area contributed by atoms with E-state index in [1.165, 1.54) is 25.3 Å². The molecule has 0 spiro atoms. The second-order valence-corrected chi connectivity index (χ2v) is 15.2. The van der Waals surface area contributed by atoms with Crippen molar-refractivity contribution in [2.24, 2.45) is 5.41 Å². The van der Waals surface area contributed by atoms with E-state index in [4.69, 9.17) is 14.5 Å². The zero-order valence-electron chi connectivity index (χ0n) is 27.3. The number of methoxy groups -OCH3 is 1.